The molecule has 1 amide bonds. The molecule has 0 aromatic rings. The summed E-state index contributed by atoms with van der Waals surface area (Å²) >= 11 is 0. The average Bonchev–Trinajstić information content (AvgIpc) is 2.99. The number of amides is 1. The zero-order valence-electron chi connectivity index (χ0n) is 9.95. The van der Waals surface area contributed by atoms with E-state index in [1.807, 2.05) is 6.92 Å². The van der Waals surface area contributed by atoms with Gasteiger partial charge in [0, 0.05) is 13.0 Å². The fourth-order valence-electron chi connectivity index (χ4n) is 1.64. The maximum absolute atomic E-state index is 11.8. The Morgan fingerprint density at radius 2 is 2.12 bits per heavy atom. The molecule has 1 aliphatic rings. The van der Waals surface area contributed by atoms with Crippen LogP contribution in [-0.2, 0) is 14.3 Å². The highest BCUT2D eigenvalue weighted by molar-refractivity contribution is 5.88. The van der Waals surface area contributed by atoms with Gasteiger partial charge in [-0.05, 0) is 25.7 Å². The predicted octanol–water partition coefficient (Wildman–Crippen LogP) is 0.638. The molecule has 0 heterocycles. The van der Waals surface area contributed by atoms with E-state index in [1.165, 1.54) is 14.0 Å². The van der Waals surface area contributed by atoms with Gasteiger partial charge in [-0.3, -0.25) is 4.79 Å². The number of carboxylic acids is 1. The minimum Gasteiger partial charge on any atom is -0.479 e. The molecule has 2 unspecified atom stereocenters. The van der Waals surface area contributed by atoms with E-state index >= 15 is 0 Å². The molecule has 5 heteroatoms. The van der Waals surface area contributed by atoms with Gasteiger partial charge in [0.05, 0.1) is 6.61 Å². The van der Waals surface area contributed by atoms with Crippen molar-refractivity contribution in [3.8, 4) is 0 Å². The second kappa shape index (κ2) is 4.82. The summed E-state index contributed by atoms with van der Waals surface area (Å²) in [5.74, 6) is -0.980. The summed E-state index contributed by atoms with van der Waals surface area (Å²) in [6.07, 6.45) is 2.12. The molecule has 0 aliphatic heterocycles. The first-order chi connectivity index (χ1) is 7.40. The van der Waals surface area contributed by atoms with Crippen molar-refractivity contribution in [1.29, 1.82) is 0 Å². The number of rotatable bonds is 6. The topological polar surface area (TPSA) is 75.6 Å². The Morgan fingerprint density at radius 3 is 2.50 bits per heavy atom. The summed E-state index contributed by atoms with van der Waals surface area (Å²) < 4.78 is 4.83. The van der Waals surface area contributed by atoms with Crippen molar-refractivity contribution in [2.45, 2.75) is 32.2 Å². The molecule has 0 aromatic carbocycles. The normalized spacial score (nSPS) is 20.9. The lowest BCUT2D eigenvalue weighted by atomic mass is 10.00. The molecule has 1 saturated carbocycles. The van der Waals surface area contributed by atoms with Crippen LogP contribution in [0.25, 0.3) is 0 Å². The van der Waals surface area contributed by atoms with E-state index < -0.39 is 11.5 Å². The first-order valence-corrected chi connectivity index (χ1v) is 5.45. The number of carbonyl (C=O) groups excluding carboxylic acids is 1. The molecule has 16 heavy (non-hydrogen) atoms. The van der Waals surface area contributed by atoms with Crippen molar-refractivity contribution in [2.75, 3.05) is 13.7 Å². The molecule has 0 spiro atoms. The molecule has 2 atom stereocenters. The molecule has 0 aromatic heterocycles. The summed E-state index contributed by atoms with van der Waals surface area (Å²) in [5.41, 5.74) is -1.34. The van der Waals surface area contributed by atoms with Crippen molar-refractivity contribution in [1.82, 2.24) is 5.32 Å². The van der Waals surface area contributed by atoms with Crippen LogP contribution in [0.5, 0.6) is 0 Å². The van der Waals surface area contributed by atoms with Crippen LogP contribution in [-0.4, -0.2) is 36.2 Å². The molecule has 0 radical (unpaired) electrons. The Labute approximate surface area is 95.2 Å². The van der Waals surface area contributed by atoms with Crippen molar-refractivity contribution in [3.63, 3.8) is 0 Å². The molecule has 1 fully saturated rings. The standard InChI is InChI=1S/C11H19NO4/c1-7(8-4-5-8)9(13)12-11(2,6-16-3)10(14)15/h7-8H,4-6H2,1-3H3,(H,12,13)(H,14,15). The van der Waals surface area contributed by atoms with Gasteiger partial charge in [0.25, 0.3) is 0 Å². The lowest BCUT2D eigenvalue weighted by molar-refractivity contribution is -0.150. The fraction of sp³-hybridized carbons (Fsp3) is 0.818. The molecule has 5 nitrogen and oxygen atoms in total. The largest absolute Gasteiger partial charge is 0.479 e. The van der Waals surface area contributed by atoms with Gasteiger partial charge in [-0.15, -0.1) is 0 Å². The number of methoxy groups -OCH3 is 1. The lowest BCUT2D eigenvalue weighted by Gasteiger charge is -2.26. The van der Waals surface area contributed by atoms with Gasteiger partial charge in [0.2, 0.25) is 5.91 Å². The Balaban J connectivity index is 2.60. The molecule has 0 bridgehead atoms. The zero-order valence-corrected chi connectivity index (χ0v) is 9.95. The number of aliphatic carboxylic acids is 1. The van der Waals surface area contributed by atoms with Crippen LogP contribution in [0.4, 0.5) is 0 Å². The van der Waals surface area contributed by atoms with Gasteiger partial charge in [-0.1, -0.05) is 6.92 Å². The Kier molecular flexibility index (Phi) is 3.91. The molecule has 1 rings (SSSR count). The van der Waals surface area contributed by atoms with Gasteiger partial charge < -0.3 is 15.2 Å². The quantitative estimate of drug-likeness (QED) is 0.700. The number of nitrogens with one attached hydrogen (secondary N) is 1. The summed E-state index contributed by atoms with van der Waals surface area (Å²) in [6, 6.07) is 0. The number of carboxylic acid groups (broad SMARTS) is 1. The van der Waals surface area contributed by atoms with Gasteiger partial charge in [-0.2, -0.15) is 0 Å². The van der Waals surface area contributed by atoms with Crippen molar-refractivity contribution < 1.29 is 19.4 Å². The van der Waals surface area contributed by atoms with Gasteiger partial charge in [-0.25, -0.2) is 4.79 Å². The fourth-order valence-corrected chi connectivity index (χ4v) is 1.64. The summed E-state index contributed by atoms with van der Waals surface area (Å²) in [7, 11) is 1.41. The van der Waals surface area contributed by atoms with Crippen molar-refractivity contribution >= 4 is 11.9 Å². The maximum atomic E-state index is 11.8. The highest BCUT2D eigenvalue weighted by Gasteiger charge is 2.39. The van der Waals surface area contributed by atoms with Gasteiger partial charge >= 0.3 is 5.97 Å². The van der Waals surface area contributed by atoms with Crippen molar-refractivity contribution in [2.24, 2.45) is 11.8 Å². The Morgan fingerprint density at radius 1 is 1.56 bits per heavy atom. The second-order valence-corrected chi connectivity index (χ2v) is 4.69. The van der Waals surface area contributed by atoms with E-state index in [9.17, 15) is 9.59 Å². The molecular formula is C11H19NO4. The maximum Gasteiger partial charge on any atom is 0.331 e. The van der Waals surface area contributed by atoms with Gasteiger partial charge in [0.15, 0.2) is 5.54 Å². The van der Waals surface area contributed by atoms with Crippen LogP contribution in [0.15, 0.2) is 0 Å². The lowest BCUT2D eigenvalue weighted by Crippen LogP contribution is -2.56. The van der Waals surface area contributed by atoms with Crippen LogP contribution < -0.4 is 5.32 Å². The second-order valence-electron chi connectivity index (χ2n) is 4.69. The van der Waals surface area contributed by atoms with Gasteiger partial charge in [0.1, 0.15) is 0 Å². The molecule has 1 aliphatic carbocycles. The third-order valence-corrected chi connectivity index (χ3v) is 3.05. The predicted molar refractivity (Wildman–Crippen MR) is 57.9 cm³/mol. The van der Waals surface area contributed by atoms with E-state index in [0.29, 0.717) is 5.92 Å². The molecule has 2 N–H and O–H groups in total. The van der Waals surface area contributed by atoms with E-state index in [1.54, 1.807) is 0 Å². The molecular weight excluding hydrogens is 210 g/mol. The SMILES string of the molecule is COCC(C)(NC(=O)C(C)C1CC1)C(=O)O. The molecule has 92 valence electrons. The third-order valence-electron chi connectivity index (χ3n) is 3.05. The highest BCUT2D eigenvalue weighted by atomic mass is 16.5. The average molecular weight is 229 g/mol. The van der Waals surface area contributed by atoms with E-state index in [4.69, 9.17) is 9.84 Å². The smallest absolute Gasteiger partial charge is 0.331 e. The van der Waals surface area contributed by atoms with Crippen LogP contribution in [0.3, 0.4) is 0 Å². The number of hydrogen-bond acceptors (Lipinski definition) is 3. The third kappa shape index (κ3) is 2.95. The zero-order chi connectivity index (χ0) is 12.3. The van der Waals surface area contributed by atoms with E-state index in [-0.39, 0.29) is 18.4 Å². The van der Waals surface area contributed by atoms with Crippen LogP contribution in [0.1, 0.15) is 26.7 Å². The summed E-state index contributed by atoms with van der Waals surface area (Å²) in [4.78, 5) is 22.8. The monoisotopic (exact) mass is 229 g/mol. The van der Waals surface area contributed by atoms with E-state index in [0.717, 1.165) is 12.8 Å². The summed E-state index contributed by atoms with van der Waals surface area (Å²) in [6.45, 7) is 3.25. The molecule has 0 saturated heterocycles. The minimum atomic E-state index is -1.34. The number of hydrogen-bond donors (Lipinski definition) is 2. The Hall–Kier alpha value is -1.10. The number of carbonyl (C=O) groups is 2. The first kappa shape index (κ1) is 13.0. The Bertz CT molecular complexity index is 288. The van der Waals surface area contributed by atoms with Crippen LogP contribution in [0.2, 0.25) is 0 Å². The van der Waals surface area contributed by atoms with Crippen LogP contribution in [0, 0.1) is 11.8 Å². The van der Waals surface area contributed by atoms with Crippen LogP contribution >= 0.6 is 0 Å². The summed E-state index contributed by atoms with van der Waals surface area (Å²) in [5, 5.41) is 11.6. The first-order valence-electron chi connectivity index (χ1n) is 5.45. The van der Waals surface area contributed by atoms with E-state index in [2.05, 4.69) is 5.32 Å². The number of ether oxygens (including phenoxy) is 1. The highest BCUT2D eigenvalue weighted by Crippen LogP contribution is 2.36. The van der Waals surface area contributed by atoms with Crippen molar-refractivity contribution in [3.05, 3.63) is 0 Å². The minimum absolute atomic E-state index is 0.0362.